The lowest BCUT2D eigenvalue weighted by Crippen LogP contribution is -2.10. The van der Waals surface area contributed by atoms with Crippen molar-refractivity contribution < 1.29 is 4.42 Å². The van der Waals surface area contributed by atoms with Crippen LogP contribution in [0.2, 0.25) is 0 Å². The summed E-state index contributed by atoms with van der Waals surface area (Å²) in [6.45, 7) is 2.33. The van der Waals surface area contributed by atoms with Crippen LogP contribution in [0.3, 0.4) is 0 Å². The van der Waals surface area contributed by atoms with Gasteiger partial charge in [0.1, 0.15) is 5.76 Å². The highest BCUT2D eigenvalue weighted by Crippen LogP contribution is 2.35. The Balaban J connectivity index is 1.96. The van der Waals surface area contributed by atoms with E-state index < -0.39 is 0 Å². The van der Waals surface area contributed by atoms with Crippen molar-refractivity contribution in [2.24, 2.45) is 5.92 Å². The third kappa shape index (κ3) is 2.75. The Morgan fingerprint density at radius 1 is 1.40 bits per heavy atom. The molecule has 0 amide bonds. The molecule has 0 bridgehead atoms. The summed E-state index contributed by atoms with van der Waals surface area (Å²) in [7, 11) is 0. The highest BCUT2D eigenvalue weighted by molar-refractivity contribution is 6.17. The van der Waals surface area contributed by atoms with Gasteiger partial charge in [0.05, 0.1) is 6.20 Å². The van der Waals surface area contributed by atoms with E-state index in [1.54, 1.807) is 0 Å². The predicted octanol–water partition coefficient (Wildman–Crippen LogP) is 3.75. The van der Waals surface area contributed by atoms with Crippen molar-refractivity contribution in [1.82, 2.24) is 4.98 Å². The number of alkyl halides is 1. The fraction of sp³-hybridized carbons (Fsp3) is 0.750. The monoisotopic (exact) mass is 227 g/mol. The minimum Gasteiger partial charge on any atom is -0.445 e. The summed E-state index contributed by atoms with van der Waals surface area (Å²) in [4.78, 5) is 4.25. The lowest BCUT2D eigenvalue weighted by atomic mass is 9.82. The molecule has 84 valence electrons. The molecule has 0 spiro atoms. The summed E-state index contributed by atoms with van der Waals surface area (Å²) in [6, 6.07) is 0. The Labute approximate surface area is 96.0 Å². The molecule has 0 unspecified atom stereocenters. The van der Waals surface area contributed by atoms with Gasteiger partial charge in [-0.15, -0.1) is 11.6 Å². The molecule has 0 N–H and O–H groups in total. The highest BCUT2D eigenvalue weighted by atomic mass is 35.5. The number of oxazole rings is 1. The Bertz CT molecular complexity index is 302. The molecule has 2 rings (SSSR count). The lowest BCUT2D eigenvalue weighted by molar-refractivity contribution is 0.309. The summed E-state index contributed by atoms with van der Waals surface area (Å²) < 4.78 is 5.70. The van der Waals surface area contributed by atoms with E-state index in [1.807, 2.05) is 6.20 Å². The van der Waals surface area contributed by atoms with Crippen molar-refractivity contribution >= 4 is 11.6 Å². The molecular formula is C12H18ClNO. The Morgan fingerprint density at radius 3 is 2.80 bits per heavy atom. The molecule has 2 nitrogen and oxygen atoms in total. The molecule has 0 radical (unpaired) electrons. The van der Waals surface area contributed by atoms with Gasteiger partial charge in [-0.05, 0) is 18.8 Å². The van der Waals surface area contributed by atoms with Gasteiger partial charge in [0.15, 0.2) is 5.89 Å². The summed E-state index contributed by atoms with van der Waals surface area (Å²) >= 11 is 5.65. The fourth-order valence-electron chi connectivity index (χ4n) is 2.25. The molecule has 0 atom stereocenters. The topological polar surface area (TPSA) is 26.0 Å². The Hall–Kier alpha value is -0.500. The standard InChI is InChI=1S/C12H18ClNO/c1-9-2-4-10(5-3-9)11-8-14-12(15-11)6-7-13/h8-10H,2-7H2,1H3. The lowest BCUT2D eigenvalue weighted by Gasteiger charge is -2.24. The molecule has 0 aliphatic heterocycles. The molecule has 0 saturated heterocycles. The molecule has 15 heavy (non-hydrogen) atoms. The minimum absolute atomic E-state index is 0.585. The zero-order valence-electron chi connectivity index (χ0n) is 9.21. The number of hydrogen-bond donors (Lipinski definition) is 0. The van der Waals surface area contributed by atoms with Crippen LogP contribution < -0.4 is 0 Å². The van der Waals surface area contributed by atoms with E-state index in [-0.39, 0.29) is 0 Å². The van der Waals surface area contributed by atoms with E-state index in [4.69, 9.17) is 16.0 Å². The SMILES string of the molecule is CC1CCC(c2cnc(CCCl)o2)CC1. The van der Waals surface area contributed by atoms with Gasteiger partial charge >= 0.3 is 0 Å². The predicted molar refractivity (Wildman–Crippen MR) is 61.3 cm³/mol. The van der Waals surface area contributed by atoms with Crippen LogP contribution in [0.4, 0.5) is 0 Å². The average Bonchev–Trinajstić information content (AvgIpc) is 2.68. The molecule has 1 fully saturated rings. The van der Waals surface area contributed by atoms with Crippen LogP contribution in [0, 0.1) is 5.92 Å². The molecule has 1 aromatic rings. The first-order valence-electron chi connectivity index (χ1n) is 5.80. The van der Waals surface area contributed by atoms with E-state index in [2.05, 4.69) is 11.9 Å². The van der Waals surface area contributed by atoms with Crippen molar-refractivity contribution in [3.63, 3.8) is 0 Å². The highest BCUT2D eigenvalue weighted by Gasteiger charge is 2.22. The largest absolute Gasteiger partial charge is 0.445 e. The van der Waals surface area contributed by atoms with Crippen molar-refractivity contribution in [2.45, 2.75) is 44.9 Å². The fourth-order valence-corrected chi connectivity index (χ4v) is 2.42. The molecule has 1 heterocycles. The second kappa shape index (κ2) is 5.02. The summed E-state index contributed by atoms with van der Waals surface area (Å²) in [5, 5.41) is 0. The smallest absolute Gasteiger partial charge is 0.195 e. The zero-order chi connectivity index (χ0) is 10.7. The molecule has 1 saturated carbocycles. The number of nitrogens with zero attached hydrogens (tertiary/aromatic N) is 1. The van der Waals surface area contributed by atoms with Crippen LogP contribution in [-0.2, 0) is 6.42 Å². The van der Waals surface area contributed by atoms with Crippen molar-refractivity contribution in [3.8, 4) is 0 Å². The normalized spacial score (nSPS) is 26.8. The maximum absolute atomic E-state index is 5.70. The second-order valence-electron chi connectivity index (χ2n) is 4.55. The van der Waals surface area contributed by atoms with E-state index in [9.17, 15) is 0 Å². The van der Waals surface area contributed by atoms with Crippen molar-refractivity contribution in [3.05, 3.63) is 17.8 Å². The van der Waals surface area contributed by atoms with Crippen molar-refractivity contribution in [2.75, 3.05) is 5.88 Å². The van der Waals surface area contributed by atoms with Crippen LogP contribution in [0.5, 0.6) is 0 Å². The van der Waals surface area contributed by atoms with Gasteiger partial charge in [0, 0.05) is 18.2 Å². The van der Waals surface area contributed by atoms with Gasteiger partial charge in [-0.2, -0.15) is 0 Å². The summed E-state index contributed by atoms with van der Waals surface area (Å²) in [6.07, 6.45) is 7.76. The Morgan fingerprint density at radius 2 is 2.13 bits per heavy atom. The van der Waals surface area contributed by atoms with Crippen LogP contribution in [0.15, 0.2) is 10.6 Å². The van der Waals surface area contributed by atoms with Crippen LogP contribution in [0.1, 0.15) is 50.2 Å². The number of rotatable bonds is 3. The van der Waals surface area contributed by atoms with E-state index >= 15 is 0 Å². The maximum atomic E-state index is 5.70. The van der Waals surface area contributed by atoms with E-state index in [0.717, 1.165) is 24.0 Å². The minimum atomic E-state index is 0.585. The van der Waals surface area contributed by atoms with E-state index in [1.165, 1.54) is 25.7 Å². The molecule has 1 aliphatic carbocycles. The number of aromatic nitrogens is 1. The number of hydrogen-bond acceptors (Lipinski definition) is 2. The quantitative estimate of drug-likeness (QED) is 0.736. The van der Waals surface area contributed by atoms with Gasteiger partial charge in [-0.3, -0.25) is 0 Å². The summed E-state index contributed by atoms with van der Waals surface area (Å²) in [5.41, 5.74) is 0. The van der Waals surface area contributed by atoms with Crippen LogP contribution in [-0.4, -0.2) is 10.9 Å². The van der Waals surface area contributed by atoms with Crippen molar-refractivity contribution in [1.29, 1.82) is 0 Å². The number of halogens is 1. The molecule has 1 aliphatic rings. The Kier molecular flexibility index (Phi) is 3.68. The van der Waals surface area contributed by atoms with Gasteiger partial charge < -0.3 is 4.42 Å². The van der Waals surface area contributed by atoms with Crippen LogP contribution >= 0.6 is 11.6 Å². The second-order valence-corrected chi connectivity index (χ2v) is 4.93. The molecular weight excluding hydrogens is 210 g/mol. The van der Waals surface area contributed by atoms with Gasteiger partial charge in [0.25, 0.3) is 0 Å². The van der Waals surface area contributed by atoms with E-state index in [0.29, 0.717) is 11.8 Å². The third-order valence-corrected chi connectivity index (χ3v) is 3.49. The third-order valence-electron chi connectivity index (χ3n) is 3.30. The van der Waals surface area contributed by atoms with Crippen LogP contribution in [0.25, 0.3) is 0 Å². The molecule has 1 aromatic heterocycles. The first kappa shape index (κ1) is 11.0. The number of aryl methyl sites for hydroxylation is 1. The molecule has 0 aromatic carbocycles. The zero-order valence-corrected chi connectivity index (χ0v) is 9.96. The van der Waals surface area contributed by atoms with Gasteiger partial charge in [0.2, 0.25) is 0 Å². The molecule has 3 heteroatoms. The van der Waals surface area contributed by atoms with Gasteiger partial charge in [-0.25, -0.2) is 4.98 Å². The first-order chi connectivity index (χ1) is 7.29. The average molecular weight is 228 g/mol. The van der Waals surface area contributed by atoms with Gasteiger partial charge in [-0.1, -0.05) is 19.8 Å². The first-order valence-corrected chi connectivity index (χ1v) is 6.33. The summed E-state index contributed by atoms with van der Waals surface area (Å²) in [5.74, 6) is 3.92. The maximum Gasteiger partial charge on any atom is 0.195 e.